The van der Waals surface area contributed by atoms with E-state index in [1.165, 1.54) is 0 Å². The van der Waals surface area contributed by atoms with Crippen LogP contribution in [0.3, 0.4) is 0 Å². The summed E-state index contributed by atoms with van der Waals surface area (Å²) in [6.07, 6.45) is 3.78. The fourth-order valence-electron chi connectivity index (χ4n) is 1.36. The van der Waals surface area contributed by atoms with Crippen molar-refractivity contribution in [3.05, 3.63) is 12.4 Å². The number of anilines is 1. The normalized spacial score (nSPS) is 11.0. The molecular formula is C11H22N4O. The quantitative estimate of drug-likeness (QED) is 0.669. The first kappa shape index (κ1) is 13.0. The Hall–Kier alpha value is -1.07. The van der Waals surface area contributed by atoms with Gasteiger partial charge in [-0.3, -0.25) is 0 Å². The summed E-state index contributed by atoms with van der Waals surface area (Å²) >= 11 is 0. The molecular weight excluding hydrogens is 204 g/mol. The predicted molar refractivity (Wildman–Crippen MR) is 65.8 cm³/mol. The van der Waals surface area contributed by atoms with Crippen molar-refractivity contribution in [1.29, 1.82) is 0 Å². The van der Waals surface area contributed by atoms with Crippen LogP contribution in [0.1, 0.15) is 6.92 Å². The van der Waals surface area contributed by atoms with Crippen molar-refractivity contribution in [1.82, 2.24) is 14.5 Å². The molecule has 1 rings (SSSR count). The molecule has 0 aromatic carbocycles. The van der Waals surface area contributed by atoms with Gasteiger partial charge in [0.1, 0.15) is 0 Å². The highest BCUT2D eigenvalue weighted by atomic mass is 16.5. The zero-order valence-electron chi connectivity index (χ0n) is 10.4. The van der Waals surface area contributed by atoms with E-state index in [1.54, 1.807) is 0 Å². The Labute approximate surface area is 97.4 Å². The highest BCUT2D eigenvalue weighted by molar-refractivity contribution is 5.25. The van der Waals surface area contributed by atoms with Gasteiger partial charge in [-0.1, -0.05) is 0 Å². The van der Waals surface area contributed by atoms with E-state index in [0.717, 1.165) is 38.8 Å². The topological polar surface area (TPSA) is 42.3 Å². The predicted octanol–water partition coefficient (Wildman–Crippen LogP) is 0.893. The van der Waals surface area contributed by atoms with Crippen LogP contribution in [0, 0.1) is 0 Å². The molecule has 92 valence electrons. The van der Waals surface area contributed by atoms with E-state index in [1.807, 2.05) is 19.3 Å². The first-order valence-corrected chi connectivity index (χ1v) is 5.71. The maximum Gasteiger partial charge on any atom is 0.202 e. The summed E-state index contributed by atoms with van der Waals surface area (Å²) in [6, 6.07) is 0. The van der Waals surface area contributed by atoms with Crippen LogP contribution >= 0.6 is 0 Å². The van der Waals surface area contributed by atoms with E-state index in [-0.39, 0.29) is 0 Å². The van der Waals surface area contributed by atoms with Crippen LogP contribution in [0.4, 0.5) is 5.95 Å². The van der Waals surface area contributed by atoms with Gasteiger partial charge >= 0.3 is 0 Å². The Morgan fingerprint density at radius 2 is 2.31 bits per heavy atom. The lowest BCUT2D eigenvalue weighted by Gasteiger charge is -2.12. The van der Waals surface area contributed by atoms with Crippen LogP contribution in [0.25, 0.3) is 0 Å². The molecule has 0 radical (unpaired) electrons. The Bertz CT molecular complexity index is 285. The molecule has 1 aromatic heterocycles. The molecule has 0 fully saturated rings. The number of imidazole rings is 1. The summed E-state index contributed by atoms with van der Waals surface area (Å²) in [6.45, 7) is 6.24. The molecule has 0 aliphatic carbocycles. The molecule has 5 heteroatoms. The van der Waals surface area contributed by atoms with Gasteiger partial charge in [0, 0.05) is 38.6 Å². The first-order valence-electron chi connectivity index (χ1n) is 5.71. The number of nitrogens with one attached hydrogen (secondary N) is 1. The highest BCUT2D eigenvalue weighted by Crippen LogP contribution is 2.03. The number of nitrogens with zero attached hydrogens (tertiary/aromatic N) is 3. The van der Waals surface area contributed by atoms with Crippen molar-refractivity contribution in [2.75, 3.05) is 45.7 Å². The number of aromatic nitrogens is 2. The van der Waals surface area contributed by atoms with Gasteiger partial charge in [0.15, 0.2) is 0 Å². The Morgan fingerprint density at radius 3 is 3.00 bits per heavy atom. The largest absolute Gasteiger partial charge is 0.380 e. The van der Waals surface area contributed by atoms with Gasteiger partial charge in [0.05, 0.1) is 6.61 Å². The van der Waals surface area contributed by atoms with Crippen molar-refractivity contribution in [2.24, 2.45) is 0 Å². The minimum Gasteiger partial charge on any atom is -0.380 e. The number of ether oxygens (including phenoxy) is 1. The molecule has 1 N–H and O–H groups in total. The van der Waals surface area contributed by atoms with Gasteiger partial charge in [0.2, 0.25) is 5.95 Å². The van der Waals surface area contributed by atoms with E-state index in [0.29, 0.717) is 0 Å². The molecule has 0 unspecified atom stereocenters. The van der Waals surface area contributed by atoms with Crippen molar-refractivity contribution in [3.63, 3.8) is 0 Å². The smallest absolute Gasteiger partial charge is 0.202 e. The molecule has 0 atom stereocenters. The molecule has 0 aliphatic rings. The van der Waals surface area contributed by atoms with Gasteiger partial charge in [-0.25, -0.2) is 4.98 Å². The van der Waals surface area contributed by atoms with Crippen LogP contribution in [0.2, 0.25) is 0 Å². The van der Waals surface area contributed by atoms with Crippen molar-refractivity contribution in [2.45, 2.75) is 13.5 Å². The summed E-state index contributed by atoms with van der Waals surface area (Å²) in [5, 5.41) is 3.31. The molecule has 0 spiro atoms. The fourth-order valence-corrected chi connectivity index (χ4v) is 1.36. The van der Waals surface area contributed by atoms with E-state index in [9.17, 15) is 0 Å². The molecule has 5 nitrogen and oxygen atoms in total. The highest BCUT2D eigenvalue weighted by Gasteiger charge is 2.01. The molecule has 0 saturated heterocycles. The van der Waals surface area contributed by atoms with Crippen LogP contribution in [-0.4, -0.2) is 54.8 Å². The van der Waals surface area contributed by atoms with Gasteiger partial charge in [-0.2, -0.15) is 0 Å². The van der Waals surface area contributed by atoms with E-state index >= 15 is 0 Å². The standard InChI is InChI=1S/C11H22N4O/c1-4-16-10-9-15-8-6-13-11(15)12-5-7-14(2)3/h6,8H,4-5,7,9-10H2,1-3H3,(H,12,13). The summed E-state index contributed by atoms with van der Waals surface area (Å²) in [7, 11) is 4.12. The Morgan fingerprint density at radius 1 is 1.50 bits per heavy atom. The minimum absolute atomic E-state index is 0.731. The zero-order valence-corrected chi connectivity index (χ0v) is 10.4. The number of likely N-dealkylation sites (N-methyl/N-ethyl adjacent to an activating group) is 1. The second-order valence-electron chi connectivity index (χ2n) is 3.87. The minimum atomic E-state index is 0.731. The van der Waals surface area contributed by atoms with Crippen molar-refractivity contribution >= 4 is 5.95 Å². The number of rotatable bonds is 8. The van der Waals surface area contributed by atoms with Gasteiger partial charge < -0.3 is 19.5 Å². The summed E-state index contributed by atoms with van der Waals surface area (Å²) in [5.74, 6) is 0.918. The summed E-state index contributed by atoms with van der Waals surface area (Å²) in [4.78, 5) is 6.41. The number of hydrogen-bond acceptors (Lipinski definition) is 4. The third-order valence-corrected chi connectivity index (χ3v) is 2.24. The van der Waals surface area contributed by atoms with Crippen LogP contribution in [-0.2, 0) is 11.3 Å². The van der Waals surface area contributed by atoms with E-state index < -0.39 is 0 Å². The Balaban J connectivity index is 2.32. The molecule has 1 aromatic rings. The Kier molecular flexibility index (Phi) is 5.88. The molecule has 0 bridgehead atoms. The molecule has 0 saturated carbocycles. The lowest BCUT2D eigenvalue weighted by atomic mass is 10.5. The lowest BCUT2D eigenvalue weighted by molar-refractivity contribution is 0.139. The summed E-state index contributed by atoms with van der Waals surface area (Å²) in [5.41, 5.74) is 0. The maximum absolute atomic E-state index is 5.32. The number of hydrogen-bond donors (Lipinski definition) is 1. The maximum atomic E-state index is 5.32. The monoisotopic (exact) mass is 226 g/mol. The molecule has 0 aliphatic heterocycles. The van der Waals surface area contributed by atoms with Crippen LogP contribution < -0.4 is 5.32 Å². The second-order valence-corrected chi connectivity index (χ2v) is 3.87. The van der Waals surface area contributed by atoms with Gasteiger partial charge in [0.25, 0.3) is 0 Å². The lowest BCUT2D eigenvalue weighted by Crippen LogP contribution is -2.22. The van der Waals surface area contributed by atoms with E-state index in [2.05, 4.69) is 33.9 Å². The second kappa shape index (κ2) is 7.24. The third kappa shape index (κ3) is 4.63. The molecule has 1 heterocycles. The summed E-state index contributed by atoms with van der Waals surface area (Å²) < 4.78 is 7.39. The SMILES string of the molecule is CCOCCn1ccnc1NCCN(C)C. The van der Waals surface area contributed by atoms with Gasteiger partial charge in [-0.05, 0) is 21.0 Å². The molecule has 16 heavy (non-hydrogen) atoms. The van der Waals surface area contributed by atoms with E-state index in [4.69, 9.17) is 4.74 Å². The fraction of sp³-hybridized carbons (Fsp3) is 0.727. The van der Waals surface area contributed by atoms with Crippen LogP contribution in [0.15, 0.2) is 12.4 Å². The molecule has 0 amide bonds. The third-order valence-electron chi connectivity index (χ3n) is 2.24. The average Bonchev–Trinajstić information content (AvgIpc) is 2.66. The van der Waals surface area contributed by atoms with Crippen molar-refractivity contribution < 1.29 is 4.74 Å². The first-order chi connectivity index (χ1) is 7.74. The van der Waals surface area contributed by atoms with Crippen LogP contribution in [0.5, 0.6) is 0 Å². The van der Waals surface area contributed by atoms with Gasteiger partial charge in [-0.15, -0.1) is 0 Å². The zero-order chi connectivity index (χ0) is 11.8. The van der Waals surface area contributed by atoms with Crippen molar-refractivity contribution in [3.8, 4) is 0 Å². The average molecular weight is 226 g/mol.